The fraction of sp³-hybridized carbons (Fsp3) is 0.500. The van der Waals surface area contributed by atoms with E-state index in [1.54, 1.807) is 6.07 Å². The number of pyridine rings is 1. The lowest BCUT2D eigenvalue weighted by atomic mass is 10.4. The van der Waals surface area contributed by atoms with E-state index >= 15 is 0 Å². The van der Waals surface area contributed by atoms with E-state index in [0.717, 1.165) is 12.8 Å². The van der Waals surface area contributed by atoms with Gasteiger partial charge in [-0.1, -0.05) is 11.6 Å². The van der Waals surface area contributed by atoms with Gasteiger partial charge in [0.15, 0.2) is 0 Å². The van der Waals surface area contributed by atoms with Crippen molar-refractivity contribution in [2.45, 2.75) is 25.1 Å². The number of anilines is 1. The van der Waals surface area contributed by atoms with Crippen molar-refractivity contribution in [1.29, 1.82) is 0 Å². The maximum Gasteiger partial charge on any atom is 0.405 e. The molecule has 1 fully saturated rings. The van der Waals surface area contributed by atoms with Crippen molar-refractivity contribution in [2.75, 3.05) is 11.4 Å². The number of rotatable bonds is 3. The van der Waals surface area contributed by atoms with Crippen LogP contribution in [0.2, 0.25) is 5.02 Å². The van der Waals surface area contributed by atoms with E-state index < -0.39 is 12.7 Å². The van der Waals surface area contributed by atoms with E-state index in [9.17, 15) is 13.2 Å². The molecule has 1 aromatic heterocycles. The van der Waals surface area contributed by atoms with Crippen molar-refractivity contribution < 1.29 is 13.2 Å². The highest BCUT2D eigenvalue weighted by molar-refractivity contribution is 6.30. The molecule has 1 aliphatic carbocycles. The van der Waals surface area contributed by atoms with E-state index in [2.05, 4.69) is 4.98 Å². The molecule has 88 valence electrons. The molecular formula is C10H10ClF3N2. The summed E-state index contributed by atoms with van der Waals surface area (Å²) in [7, 11) is 0. The van der Waals surface area contributed by atoms with E-state index in [1.165, 1.54) is 17.2 Å². The monoisotopic (exact) mass is 250 g/mol. The first-order chi connectivity index (χ1) is 7.46. The molecule has 0 N–H and O–H groups in total. The van der Waals surface area contributed by atoms with Gasteiger partial charge in [-0.25, -0.2) is 4.98 Å². The molecule has 0 aromatic carbocycles. The fourth-order valence-electron chi connectivity index (χ4n) is 1.51. The van der Waals surface area contributed by atoms with Crippen LogP contribution in [0.1, 0.15) is 12.8 Å². The van der Waals surface area contributed by atoms with Gasteiger partial charge in [-0.2, -0.15) is 13.2 Å². The lowest BCUT2D eigenvalue weighted by Crippen LogP contribution is -2.36. The van der Waals surface area contributed by atoms with Gasteiger partial charge in [-0.3, -0.25) is 0 Å². The molecular weight excluding hydrogens is 241 g/mol. The number of hydrogen-bond acceptors (Lipinski definition) is 2. The van der Waals surface area contributed by atoms with Crippen LogP contribution in [0.25, 0.3) is 0 Å². The summed E-state index contributed by atoms with van der Waals surface area (Å²) in [4.78, 5) is 5.21. The standard InChI is InChI=1S/C10H10ClF3N2/c11-7-1-4-9(15-5-7)16(8-2-3-8)6-10(12,13)14/h1,4-5,8H,2-3,6H2. The summed E-state index contributed by atoms with van der Waals surface area (Å²) in [5.74, 6) is 0.337. The van der Waals surface area contributed by atoms with Crippen LogP contribution in [-0.4, -0.2) is 23.7 Å². The molecule has 1 aliphatic rings. The van der Waals surface area contributed by atoms with Crippen molar-refractivity contribution in [1.82, 2.24) is 4.98 Å². The minimum atomic E-state index is -4.20. The van der Waals surface area contributed by atoms with Crippen LogP contribution < -0.4 is 4.90 Å². The molecule has 2 rings (SSSR count). The lowest BCUT2D eigenvalue weighted by Gasteiger charge is -2.24. The van der Waals surface area contributed by atoms with Crippen LogP contribution in [0.5, 0.6) is 0 Å². The number of hydrogen-bond donors (Lipinski definition) is 0. The average Bonchev–Trinajstić information content (AvgIpc) is 2.97. The van der Waals surface area contributed by atoms with Crippen LogP contribution in [-0.2, 0) is 0 Å². The Morgan fingerprint density at radius 2 is 2.06 bits per heavy atom. The Balaban J connectivity index is 2.16. The van der Waals surface area contributed by atoms with Crippen molar-refractivity contribution in [2.24, 2.45) is 0 Å². The summed E-state index contributed by atoms with van der Waals surface area (Å²) in [5, 5.41) is 0.423. The molecule has 0 aliphatic heterocycles. The SMILES string of the molecule is FC(F)(F)CN(c1ccc(Cl)cn1)C1CC1. The molecule has 16 heavy (non-hydrogen) atoms. The molecule has 0 saturated heterocycles. The van der Waals surface area contributed by atoms with Gasteiger partial charge in [0.25, 0.3) is 0 Å². The van der Waals surface area contributed by atoms with Crippen LogP contribution in [0, 0.1) is 0 Å². The largest absolute Gasteiger partial charge is 0.405 e. The number of aromatic nitrogens is 1. The van der Waals surface area contributed by atoms with Gasteiger partial charge in [0.2, 0.25) is 0 Å². The fourth-order valence-corrected chi connectivity index (χ4v) is 1.63. The molecule has 0 amide bonds. The third kappa shape index (κ3) is 3.01. The second-order valence-corrected chi connectivity index (χ2v) is 4.25. The number of nitrogens with zero attached hydrogens (tertiary/aromatic N) is 2. The topological polar surface area (TPSA) is 16.1 Å². The highest BCUT2D eigenvalue weighted by Gasteiger charge is 2.38. The molecule has 0 atom stereocenters. The van der Waals surface area contributed by atoms with Gasteiger partial charge in [-0.05, 0) is 25.0 Å². The summed E-state index contributed by atoms with van der Waals surface area (Å²) in [6.45, 7) is -0.952. The van der Waals surface area contributed by atoms with E-state index in [0.29, 0.717) is 10.8 Å². The highest BCUT2D eigenvalue weighted by atomic mass is 35.5. The Bertz CT molecular complexity index is 359. The first kappa shape index (κ1) is 11.5. The quantitative estimate of drug-likeness (QED) is 0.819. The van der Waals surface area contributed by atoms with Crippen molar-refractivity contribution in [3.8, 4) is 0 Å². The van der Waals surface area contributed by atoms with Crippen LogP contribution >= 0.6 is 11.6 Å². The number of alkyl halides is 3. The highest BCUT2D eigenvalue weighted by Crippen LogP contribution is 2.33. The third-order valence-corrected chi connectivity index (χ3v) is 2.57. The second kappa shape index (κ2) is 4.13. The number of halogens is 4. The summed E-state index contributed by atoms with van der Waals surface area (Å²) in [6, 6.07) is 3.04. The van der Waals surface area contributed by atoms with E-state index in [1.807, 2.05) is 0 Å². The Labute approximate surface area is 96.0 Å². The zero-order valence-corrected chi connectivity index (χ0v) is 9.09. The maximum absolute atomic E-state index is 12.4. The van der Waals surface area contributed by atoms with E-state index in [-0.39, 0.29) is 6.04 Å². The summed E-state index contributed by atoms with van der Waals surface area (Å²) in [5.41, 5.74) is 0. The van der Waals surface area contributed by atoms with Crippen LogP contribution in [0.3, 0.4) is 0 Å². The summed E-state index contributed by atoms with van der Waals surface area (Å²) >= 11 is 5.64. The molecule has 1 heterocycles. The first-order valence-corrected chi connectivity index (χ1v) is 5.28. The van der Waals surface area contributed by atoms with E-state index in [4.69, 9.17) is 11.6 Å². The molecule has 1 saturated carbocycles. The second-order valence-electron chi connectivity index (χ2n) is 3.81. The Hall–Kier alpha value is -0.970. The van der Waals surface area contributed by atoms with Crippen LogP contribution in [0.15, 0.2) is 18.3 Å². The molecule has 2 nitrogen and oxygen atoms in total. The van der Waals surface area contributed by atoms with Gasteiger partial charge in [0, 0.05) is 12.2 Å². The minimum Gasteiger partial charge on any atom is -0.345 e. The maximum atomic E-state index is 12.4. The van der Waals surface area contributed by atoms with Crippen molar-refractivity contribution in [3.63, 3.8) is 0 Å². The van der Waals surface area contributed by atoms with Gasteiger partial charge < -0.3 is 4.90 Å². The van der Waals surface area contributed by atoms with Gasteiger partial charge in [-0.15, -0.1) is 0 Å². The van der Waals surface area contributed by atoms with Crippen molar-refractivity contribution in [3.05, 3.63) is 23.4 Å². The summed E-state index contributed by atoms with van der Waals surface area (Å²) in [6.07, 6.45) is -1.26. The smallest absolute Gasteiger partial charge is 0.345 e. The van der Waals surface area contributed by atoms with Gasteiger partial charge in [0.05, 0.1) is 5.02 Å². The predicted molar refractivity (Wildman–Crippen MR) is 55.7 cm³/mol. The minimum absolute atomic E-state index is 0.0321. The Kier molecular flexibility index (Phi) is 2.97. The zero-order valence-electron chi connectivity index (χ0n) is 8.34. The van der Waals surface area contributed by atoms with Gasteiger partial charge >= 0.3 is 6.18 Å². The molecule has 6 heteroatoms. The summed E-state index contributed by atoms with van der Waals surface area (Å²) < 4.78 is 37.1. The Morgan fingerprint density at radius 3 is 2.50 bits per heavy atom. The predicted octanol–water partition coefficient (Wildman–Crippen LogP) is 3.27. The molecule has 0 spiro atoms. The molecule has 1 aromatic rings. The van der Waals surface area contributed by atoms with Crippen molar-refractivity contribution >= 4 is 17.4 Å². The molecule has 0 bridgehead atoms. The normalized spacial score (nSPS) is 16.2. The zero-order chi connectivity index (χ0) is 11.8. The molecule has 0 unspecified atom stereocenters. The van der Waals surface area contributed by atoms with Crippen LogP contribution in [0.4, 0.5) is 19.0 Å². The average molecular weight is 251 g/mol. The first-order valence-electron chi connectivity index (χ1n) is 4.91. The van der Waals surface area contributed by atoms with Gasteiger partial charge in [0.1, 0.15) is 12.4 Å². The Morgan fingerprint density at radius 1 is 1.38 bits per heavy atom. The molecule has 0 radical (unpaired) electrons. The lowest BCUT2D eigenvalue weighted by molar-refractivity contribution is -0.120. The third-order valence-electron chi connectivity index (χ3n) is 2.34.